The zero-order chi connectivity index (χ0) is 13.4. The Morgan fingerprint density at radius 3 is 2.61 bits per heavy atom. The van der Waals surface area contributed by atoms with Crippen molar-refractivity contribution in [2.45, 2.75) is 24.4 Å². The summed E-state index contributed by atoms with van der Waals surface area (Å²) in [6.07, 6.45) is -4.36. The Hall–Kier alpha value is -1.22. The van der Waals surface area contributed by atoms with E-state index in [4.69, 9.17) is 9.84 Å². The summed E-state index contributed by atoms with van der Waals surface area (Å²) in [5, 5.41) is 30.5. The van der Waals surface area contributed by atoms with Gasteiger partial charge in [-0.2, -0.15) is 0 Å². The molecule has 4 N–H and O–H groups in total. The van der Waals surface area contributed by atoms with E-state index in [9.17, 15) is 19.8 Å². The number of imide groups is 1. The maximum Gasteiger partial charge on any atom is 0.323 e. The first-order valence-corrected chi connectivity index (χ1v) is 5.64. The molecule has 0 aliphatic carbocycles. The fourth-order valence-electron chi connectivity index (χ4n) is 2.27. The largest absolute Gasteiger partial charge is 0.394 e. The highest BCUT2D eigenvalue weighted by atomic mass is 16.6. The summed E-state index contributed by atoms with van der Waals surface area (Å²) >= 11 is 0. The van der Waals surface area contributed by atoms with Crippen LogP contribution >= 0.6 is 0 Å². The third-order valence-corrected chi connectivity index (χ3v) is 3.36. The Morgan fingerprint density at radius 1 is 1.39 bits per heavy atom. The van der Waals surface area contributed by atoms with Gasteiger partial charge >= 0.3 is 6.03 Å². The number of hydrogen-bond acceptors (Lipinski definition) is 6. The van der Waals surface area contributed by atoms with Crippen molar-refractivity contribution in [1.29, 1.82) is 0 Å². The maximum atomic E-state index is 11.7. The molecule has 18 heavy (non-hydrogen) atoms. The summed E-state index contributed by atoms with van der Waals surface area (Å²) in [5.41, 5.74) is 0. The van der Waals surface area contributed by atoms with E-state index in [1.807, 2.05) is 0 Å². The molecule has 2 saturated heterocycles. The van der Waals surface area contributed by atoms with Crippen LogP contribution in [0.25, 0.3) is 0 Å². The third-order valence-electron chi connectivity index (χ3n) is 3.36. The molecule has 2 heterocycles. The Bertz CT molecular complexity index is 362. The van der Waals surface area contributed by atoms with E-state index in [-0.39, 0.29) is 6.54 Å². The van der Waals surface area contributed by atoms with Crippen LogP contribution in [0.5, 0.6) is 0 Å². The molecule has 102 valence electrons. The fourth-order valence-corrected chi connectivity index (χ4v) is 2.27. The molecule has 3 amide bonds. The van der Waals surface area contributed by atoms with Crippen LogP contribution in [0, 0.1) is 5.92 Å². The zero-order valence-electron chi connectivity index (χ0n) is 9.81. The van der Waals surface area contributed by atoms with Crippen LogP contribution < -0.4 is 5.32 Å². The Labute approximate surface area is 103 Å². The minimum atomic E-state index is -1.26. The van der Waals surface area contributed by atoms with E-state index in [2.05, 4.69) is 5.32 Å². The standard InChI is InChI=1S/C10H16N2O6/c1-12-2-4(9(16)11-10(12)17)8-7(15)6(14)5(3-13)18-8/h4-8,13-15H,2-3H2,1H3,(H,11,16,17)/t4?,5-,6-,7-,8+/m1/s1. The molecule has 2 rings (SSSR count). The maximum absolute atomic E-state index is 11.7. The number of urea groups is 1. The van der Waals surface area contributed by atoms with Gasteiger partial charge in [0, 0.05) is 13.6 Å². The lowest BCUT2D eigenvalue weighted by Gasteiger charge is -2.33. The molecule has 0 radical (unpaired) electrons. The molecule has 0 aromatic rings. The van der Waals surface area contributed by atoms with Gasteiger partial charge in [0.2, 0.25) is 5.91 Å². The Kier molecular flexibility index (Phi) is 3.53. The summed E-state index contributed by atoms with van der Waals surface area (Å²) in [4.78, 5) is 24.2. The number of carbonyl (C=O) groups is 2. The van der Waals surface area contributed by atoms with Crippen LogP contribution in [0.4, 0.5) is 4.79 Å². The number of aliphatic hydroxyl groups is 3. The summed E-state index contributed by atoms with van der Waals surface area (Å²) in [6, 6.07) is -0.511. The number of aliphatic hydroxyl groups excluding tert-OH is 3. The summed E-state index contributed by atoms with van der Waals surface area (Å²) in [5.74, 6) is -1.32. The van der Waals surface area contributed by atoms with E-state index < -0.39 is 48.9 Å². The second kappa shape index (κ2) is 4.81. The predicted octanol–water partition coefficient (Wildman–Crippen LogP) is -2.73. The van der Waals surface area contributed by atoms with E-state index in [1.165, 1.54) is 11.9 Å². The number of nitrogens with zero attached hydrogens (tertiary/aromatic N) is 1. The van der Waals surface area contributed by atoms with Crippen LogP contribution in [-0.4, -0.2) is 76.8 Å². The number of rotatable bonds is 2. The highest BCUT2D eigenvalue weighted by Gasteiger charge is 2.49. The Balaban J connectivity index is 2.12. The molecule has 8 nitrogen and oxygen atoms in total. The number of nitrogens with one attached hydrogen (secondary N) is 1. The van der Waals surface area contributed by atoms with Crippen LogP contribution in [0.2, 0.25) is 0 Å². The van der Waals surface area contributed by atoms with Crippen molar-refractivity contribution in [3.8, 4) is 0 Å². The molecular formula is C10H16N2O6. The molecule has 0 aromatic heterocycles. The molecule has 2 fully saturated rings. The van der Waals surface area contributed by atoms with Crippen molar-refractivity contribution in [2.75, 3.05) is 20.2 Å². The third kappa shape index (κ3) is 2.07. The van der Waals surface area contributed by atoms with Crippen molar-refractivity contribution >= 4 is 11.9 Å². The van der Waals surface area contributed by atoms with Gasteiger partial charge in [0.1, 0.15) is 18.3 Å². The van der Waals surface area contributed by atoms with E-state index >= 15 is 0 Å². The second-order valence-electron chi connectivity index (χ2n) is 4.58. The second-order valence-corrected chi connectivity index (χ2v) is 4.58. The van der Waals surface area contributed by atoms with Crippen LogP contribution in [-0.2, 0) is 9.53 Å². The normalized spacial score (nSPS) is 41.1. The average molecular weight is 260 g/mol. The fraction of sp³-hybridized carbons (Fsp3) is 0.800. The van der Waals surface area contributed by atoms with Crippen LogP contribution in [0.1, 0.15) is 0 Å². The first-order valence-electron chi connectivity index (χ1n) is 5.64. The average Bonchev–Trinajstić information content (AvgIpc) is 2.61. The van der Waals surface area contributed by atoms with Crippen LogP contribution in [0.3, 0.4) is 0 Å². The molecule has 2 aliphatic heterocycles. The lowest BCUT2D eigenvalue weighted by atomic mass is 9.93. The lowest BCUT2D eigenvalue weighted by molar-refractivity contribution is -0.134. The molecular weight excluding hydrogens is 244 g/mol. The van der Waals surface area contributed by atoms with Gasteiger partial charge in [-0.15, -0.1) is 0 Å². The number of hydrogen-bond donors (Lipinski definition) is 4. The molecule has 0 saturated carbocycles. The minimum absolute atomic E-state index is 0.0945. The monoisotopic (exact) mass is 260 g/mol. The topological polar surface area (TPSA) is 119 Å². The zero-order valence-corrected chi connectivity index (χ0v) is 9.81. The van der Waals surface area contributed by atoms with E-state index in [1.54, 1.807) is 0 Å². The van der Waals surface area contributed by atoms with Gasteiger partial charge in [-0.3, -0.25) is 10.1 Å². The number of carbonyl (C=O) groups excluding carboxylic acids is 2. The van der Waals surface area contributed by atoms with Crippen molar-refractivity contribution in [3.63, 3.8) is 0 Å². The highest BCUT2D eigenvalue weighted by molar-refractivity contribution is 5.98. The summed E-state index contributed by atoms with van der Waals surface area (Å²) < 4.78 is 5.28. The molecule has 5 atom stereocenters. The Morgan fingerprint density at radius 2 is 2.06 bits per heavy atom. The minimum Gasteiger partial charge on any atom is -0.394 e. The first-order chi connectivity index (χ1) is 8.45. The van der Waals surface area contributed by atoms with Gasteiger partial charge in [0.05, 0.1) is 18.6 Å². The molecule has 0 bridgehead atoms. The van der Waals surface area contributed by atoms with Gasteiger partial charge in [-0.25, -0.2) is 4.79 Å². The molecule has 1 unspecified atom stereocenters. The molecule has 2 aliphatic rings. The van der Waals surface area contributed by atoms with Crippen molar-refractivity contribution < 1.29 is 29.6 Å². The lowest BCUT2D eigenvalue weighted by Crippen LogP contribution is -2.57. The predicted molar refractivity (Wildman–Crippen MR) is 57.4 cm³/mol. The molecule has 0 aromatic carbocycles. The van der Waals surface area contributed by atoms with Crippen molar-refractivity contribution in [2.24, 2.45) is 5.92 Å². The number of amides is 3. The van der Waals surface area contributed by atoms with Gasteiger partial charge in [0.15, 0.2) is 0 Å². The van der Waals surface area contributed by atoms with E-state index in [0.717, 1.165) is 0 Å². The van der Waals surface area contributed by atoms with Crippen molar-refractivity contribution in [3.05, 3.63) is 0 Å². The van der Waals surface area contributed by atoms with E-state index in [0.29, 0.717) is 0 Å². The SMILES string of the molecule is CN1CC([C@@H]2O[C@H](CO)[C@@H](O)[C@H]2O)C(=O)NC1=O. The quantitative estimate of drug-likeness (QED) is 0.428. The molecule has 8 heteroatoms. The van der Waals surface area contributed by atoms with Gasteiger partial charge in [-0.05, 0) is 0 Å². The van der Waals surface area contributed by atoms with Crippen LogP contribution in [0.15, 0.2) is 0 Å². The van der Waals surface area contributed by atoms with Crippen molar-refractivity contribution in [1.82, 2.24) is 10.2 Å². The molecule has 0 spiro atoms. The summed E-state index contributed by atoms with van der Waals surface area (Å²) in [7, 11) is 1.51. The van der Waals surface area contributed by atoms with Gasteiger partial charge in [-0.1, -0.05) is 0 Å². The highest BCUT2D eigenvalue weighted by Crippen LogP contribution is 2.28. The summed E-state index contributed by atoms with van der Waals surface area (Å²) in [6.45, 7) is -0.352. The number of ether oxygens (including phenoxy) is 1. The first kappa shape index (κ1) is 13.2. The van der Waals surface area contributed by atoms with Gasteiger partial charge in [0.25, 0.3) is 0 Å². The smallest absolute Gasteiger partial charge is 0.323 e. The van der Waals surface area contributed by atoms with Gasteiger partial charge < -0.3 is 25.0 Å².